The number of hydrazone groups is 1. The molecule has 0 amide bonds. The predicted molar refractivity (Wildman–Crippen MR) is 111 cm³/mol. The molecular formula is C19H20N6OS. The van der Waals surface area contributed by atoms with Gasteiger partial charge in [0.1, 0.15) is 11.3 Å². The molecule has 2 N–H and O–H groups in total. The zero-order valence-corrected chi connectivity index (χ0v) is 15.7. The van der Waals surface area contributed by atoms with Gasteiger partial charge < -0.3 is 10.1 Å². The minimum absolute atomic E-state index is 0.439. The summed E-state index contributed by atoms with van der Waals surface area (Å²) in [6.07, 6.45) is 3.42. The summed E-state index contributed by atoms with van der Waals surface area (Å²) in [5.74, 6) is 0.780. The number of para-hydroxylation sites is 1. The summed E-state index contributed by atoms with van der Waals surface area (Å²) in [7, 11) is 1.65. The lowest BCUT2D eigenvalue weighted by atomic mass is 10.1. The van der Waals surface area contributed by atoms with Crippen molar-refractivity contribution in [2.24, 2.45) is 5.10 Å². The van der Waals surface area contributed by atoms with Crippen LogP contribution in [0, 0.1) is 0 Å². The molecule has 3 rings (SSSR count). The number of nitrogens with one attached hydrogen (secondary N) is 2. The van der Waals surface area contributed by atoms with E-state index in [1.54, 1.807) is 19.4 Å². The summed E-state index contributed by atoms with van der Waals surface area (Å²) in [5.41, 5.74) is 6.49. The highest BCUT2D eigenvalue weighted by molar-refractivity contribution is 7.80. The molecule has 0 aliphatic rings. The Morgan fingerprint density at radius 2 is 2.19 bits per heavy atom. The van der Waals surface area contributed by atoms with E-state index in [9.17, 15) is 0 Å². The minimum Gasteiger partial charge on any atom is -0.496 e. The normalized spacial score (nSPS) is 10.9. The van der Waals surface area contributed by atoms with Crippen LogP contribution in [0.4, 0.5) is 0 Å². The fraction of sp³-hybridized carbons (Fsp3) is 0.158. The van der Waals surface area contributed by atoms with Gasteiger partial charge in [0.25, 0.3) is 0 Å². The summed E-state index contributed by atoms with van der Waals surface area (Å²) in [4.78, 5) is 0. The lowest BCUT2D eigenvalue weighted by molar-refractivity contribution is 0.407. The first kappa shape index (κ1) is 18.5. The molecule has 0 unspecified atom stereocenters. The molecule has 0 aliphatic carbocycles. The molecule has 0 saturated heterocycles. The number of methoxy groups -OCH3 is 1. The van der Waals surface area contributed by atoms with Crippen molar-refractivity contribution in [2.45, 2.75) is 6.54 Å². The van der Waals surface area contributed by atoms with Gasteiger partial charge in [-0.3, -0.25) is 5.43 Å². The van der Waals surface area contributed by atoms with Crippen LogP contribution in [0.15, 0.2) is 60.2 Å². The van der Waals surface area contributed by atoms with Crippen molar-refractivity contribution >= 4 is 34.6 Å². The van der Waals surface area contributed by atoms with Crippen molar-refractivity contribution in [1.82, 2.24) is 25.7 Å². The number of nitrogens with zero attached hydrogens (tertiary/aromatic N) is 4. The number of thiocarbonyl (C=S) groups is 1. The number of ether oxygens (including phenoxy) is 1. The fourth-order valence-electron chi connectivity index (χ4n) is 2.57. The van der Waals surface area contributed by atoms with Crippen LogP contribution in [-0.4, -0.2) is 40.0 Å². The minimum atomic E-state index is 0.439. The van der Waals surface area contributed by atoms with E-state index >= 15 is 0 Å². The lowest BCUT2D eigenvalue weighted by Crippen LogP contribution is -2.31. The molecule has 27 heavy (non-hydrogen) atoms. The second-order valence-corrected chi connectivity index (χ2v) is 6.08. The fourth-order valence-corrected chi connectivity index (χ4v) is 2.70. The van der Waals surface area contributed by atoms with E-state index in [1.165, 1.54) is 0 Å². The van der Waals surface area contributed by atoms with Gasteiger partial charge in [0.15, 0.2) is 5.11 Å². The Morgan fingerprint density at radius 3 is 3.00 bits per heavy atom. The number of benzene rings is 2. The van der Waals surface area contributed by atoms with Crippen LogP contribution >= 0.6 is 12.2 Å². The number of fused-ring (bicyclic) bond motifs is 1. The molecule has 0 spiro atoms. The first-order valence-corrected chi connectivity index (χ1v) is 8.75. The Labute approximate surface area is 162 Å². The van der Waals surface area contributed by atoms with Crippen molar-refractivity contribution in [1.29, 1.82) is 0 Å². The Hall–Kier alpha value is -3.26. The van der Waals surface area contributed by atoms with Crippen LogP contribution in [0.25, 0.3) is 11.0 Å². The molecule has 0 radical (unpaired) electrons. The highest BCUT2D eigenvalue weighted by Crippen LogP contribution is 2.22. The quantitative estimate of drug-likeness (QED) is 0.284. The highest BCUT2D eigenvalue weighted by atomic mass is 32.1. The van der Waals surface area contributed by atoms with Crippen LogP contribution in [0.3, 0.4) is 0 Å². The standard InChI is InChI=1S/C19H20N6OS/c1-3-10-20-19(27)23-21-12-14-8-9-18(26-2)15(11-14)13-25-17-7-5-4-6-16(17)22-24-25/h3-9,11-12H,1,10,13H2,2H3,(H2,20,23,27). The third-order valence-electron chi connectivity index (χ3n) is 3.83. The Morgan fingerprint density at radius 1 is 1.33 bits per heavy atom. The van der Waals surface area contributed by atoms with Crippen molar-refractivity contribution in [3.63, 3.8) is 0 Å². The Balaban J connectivity index is 1.77. The summed E-state index contributed by atoms with van der Waals surface area (Å²) >= 11 is 5.10. The van der Waals surface area contributed by atoms with Crippen LogP contribution < -0.4 is 15.5 Å². The maximum Gasteiger partial charge on any atom is 0.187 e. The smallest absolute Gasteiger partial charge is 0.187 e. The maximum atomic E-state index is 5.49. The topological polar surface area (TPSA) is 76.4 Å². The van der Waals surface area contributed by atoms with E-state index in [-0.39, 0.29) is 0 Å². The molecule has 0 atom stereocenters. The van der Waals surface area contributed by atoms with Gasteiger partial charge in [-0.2, -0.15) is 5.10 Å². The monoisotopic (exact) mass is 380 g/mol. The molecule has 8 heteroatoms. The summed E-state index contributed by atoms with van der Waals surface area (Å²) in [5, 5.41) is 16.0. The average molecular weight is 380 g/mol. The summed E-state index contributed by atoms with van der Waals surface area (Å²) in [6.45, 7) is 4.75. The summed E-state index contributed by atoms with van der Waals surface area (Å²) in [6, 6.07) is 13.7. The number of rotatable bonds is 7. The van der Waals surface area contributed by atoms with E-state index in [0.717, 1.165) is 27.9 Å². The van der Waals surface area contributed by atoms with Crippen molar-refractivity contribution < 1.29 is 4.74 Å². The molecule has 0 aliphatic heterocycles. The van der Waals surface area contributed by atoms with Crippen molar-refractivity contribution in [2.75, 3.05) is 13.7 Å². The molecule has 1 aromatic heterocycles. The van der Waals surface area contributed by atoms with Crippen molar-refractivity contribution in [3.8, 4) is 5.75 Å². The first-order chi connectivity index (χ1) is 13.2. The SMILES string of the molecule is C=CCNC(=S)NN=Cc1ccc(OC)c(Cn2nnc3ccccc32)c1. The third kappa shape index (κ3) is 4.68. The summed E-state index contributed by atoms with van der Waals surface area (Å²) < 4.78 is 7.33. The van der Waals surface area contributed by atoms with Gasteiger partial charge in [-0.1, -0.05) is 23.4 Å². The zero-order chi connectivity index (χ0) is 19.1. The van der Waals surface area contributed by atoms with E-state index in [1.807, 2.05) is 47.1 Å². The van der Waals surface area contributed by atoms with Gasteiger partial charge in [-0.25, -0.2) is 4.68 Å². The molecular weight excluding hydrogens is 360 g/mol. The van der Waals surface area contributed by atoms with Crippen molar-refractivity contribution in [3.05, 3.63) is 66.2 Å². The lowest BCUT2D eigenvalue weighted by Gasteiger charge is -2.10. The predicted octanol–water partition coefficient (Wildman–Crippen LogP) is 2.47. The number of aromatic nitrogens is 3. The third-order valence-corrected chi connectivity index (χ3v) is 4.07. The van der Waals surface area contributed by atoms with Crippen LogP contribution in [-0.2, 0) is 6.54 Å². The highest BCUT2D eigenvalue weighted by Gasteiger charge is 2.09. The van der Waals surface area contributed by atoms with Crippen LogP contribution in [0.1, 0.15) is 11.1 Å². The van der Waals surface area contributed by atoms with Gasteiger partial charge >= 0.3 is 0 Å². The first-order valence-electron chi connectivity index (χ1n) is 8.34. The number of hydrogen-bond donors (Lipinski definition) is 2. The Kier molecular flexibility index (Phi) is 6.11. The molecule has 0 bridgehead atoms. The maximum absolute atomic E-state index is 5.49. The molecule has 0 saturated carbocycles. The van der Waals surface area contributed by atoms with E-state index in [0.29, 0.717) is 18.2 Å². The van der Waals surface area contributed by atoms with Crippen LogP contribution in [0.2, 0.25) is 0 Å². The van der Waals surface area contributed by atoms with E-state index < -0.39 is 0 Å². The second kappa shape index (κ2) is 8.91. The largest absolute Gasteiger partial charge is 0.496 e. The van der Waals surface area contributed by atoms with E-state index in [2.05, 4.69) is 32.7 Å². The molecule has 0 fully saturated rings. The molecule has 138 valence electrons. The van der Waals surface area contributed by atoms with E-state index in [4.69, 9.17) is 17.0 Å². The van der Waals surface area contributed by atoms with Gasteiger partial charge in [0.2, 0.25) is 0 Å². The zero-order valence-electron chi connectivity index (χ0n) is 14.9. The molecule has 1 heterocycles. The van der Waals surface area contributed by atoms with Gasteiger partial charge in [-0.15, -0.1) is 11.7 Å². The van der Waals surface area contributed by atoms with Gasteiger partial charge in [0.05, 0.1) is 25.4 Å². The molecule has 2 aromatic carbocycles. The molecule has 3 aromatic rings. The van der Waals surface area contributed by atoms with Crippen LogP contribution in [0.5, 0.6) is 5.75 Å². The van der Waals surface area contributed by atoms with Gasteiger partial charge in [-0.05, 0) is 48.1 Å². The Bertz CT molecular complexity index is 981. The second-order valence-electron chi connectivity index (χ2n) is 5.68. The molecule has 7 nitrogen and oxygen atoms in total. The average Bonchev–Trinajstić information content (AvgIpc) is 3.10. The number of hydrogen-bond acceptors (Lipinski definition) is 5. The van der Waals surface area contributed by atoms with Gasteiger partial charge in [0, 0.05) is 12.1 Å².